The predicted octanol–water partition coefficient (Wildman–Crippen LogP) is 5.35. The number of halogens is 2. The molecule has 0 aliphatic carbocycles. The summed E-state index contributed by atoms with van der Waals surface area (Å²) in [6.07, 6.45) is -0.694. The third-order valence-corrected chi connectivity index (χ3v) is 5.88. The van der Waals surface area contributed by atoms with Gasteiger partial charge in [0.25, 0.3) is 11.8 Å². The van der Waals surface area contributed by atoms with Crippen molar-refractivity contribution < 1.29 is 13.6 Å². The van der Waals surface area contributed by atoms with Crippen molar-refractivity contribution in [2.24, 2.45) is 0 Å². The number of fused-ring (bicyclic) bond motifs is 1. The lowest BCUT2D eigenvalue weighted by atomic mass is 10.1. The van der Waals surface area contributed by atoms with Gasteiger partial charge in [0.2, 0.25) is 0 Å². The van der Waals surface area contributed by atoms with E-state index >= 15 is 0 Å². The fourth-order valence-corrected chi connectivity index (χ4v) is 4.34. The Balaban J connectivity index is 1.72. The van der Waals surface area contributed by atoms with E-state index in [9.17, 15) is 13.6 Å². The molecule has 138 valence electrons. The van der Waals surface area contributed by atoms with Crippen LogP contribution in [0.1, 0.15) is 27.3 Å². The standard InChI is InChI=1S/C21H18F2N2OS/c1-14-18(27-19(24-14)15-7-3-2-4-8-15)20(26)25-12-11-21(22,23)13-16-9-5-6-10-17(16)25/h2-10H,11-13H2,1H3. The molecule has 3 nitrogen and oxygen atoms in total. The molecule has 0 saturated carbocycles. The number of hydrogen-bond donors (Lipinski definition) is 0. The Bertz CT molecular complexity index is 985. The molecule has 0 N–H and O–H groups in total. The van der Waals surface area contributed by atoms with E-state index in [1.54, 1.807) is 31.2 Å². The minimum atomic E-state index is -2.82. The van der Waals surface area contributed by atoms with Crippen LogP contribution in [0.2, 0.25) is 0 Å². The second-order valence-corrected chi connectivity index (χ2v) is 7.67. The first-order chi connectivity index (χ1) is 12.9. The molecular weight excluding hydrogens is 366 g/mol. The summed E-state index contributed by atoms with van der Waals surface area (Å²) < 4.78 is 28.3. The second kappa shape index (κ2) is 6.85. The van der Waals surface area contributed by atoms with Crippen molar-refractivity contribution in [1.82, 2.24) is 4.98 Å². The summed E-state index contributed by atoms with van der Waals surface area (Å²) in [6, 6.07) is 16.5. The highest BCUT2D eigenvalue weighted by Gasteiger charge is 2.37. The van der Waals surface area contributed by atoms with Crippen molar-refractivity contribution in [2.75, 3.05) is 11.4 Å². The van der Waals surface area contributed by atoms with E-state index in [-0.39, 0.29) is 25.3 Å². The Kier molecular flexibility index (Phi) is 4.52. The van der Waals surface area contributed by atoms with Gasteiger partial charge in [-0.05, 0) is 18.6 Å². The normalized spacial score (nSPS) is 15.9. The van der Waals surface area contributed by atoms with Crippen molar-refractivity contribution >= 4 is 22.9 Å². The van der Waals surface area contributed by atoms with Crippen LogP contribution in [0, 0.1) is 6.92 Å². The Morgan fingerprint density at radius 1 is 1.11 bits per heavy atom. The van der Waals surface area contributed by atoms with Crippen LogP contribution in [0.4, 0.5) is 14.5 Å². The van der Waals surface area contributed by atoms with E-state index in [1.807, 2.05) is 30.3 Å². The van der Waals surface area contributed by atoms with Gasteiger partial charge in [0.15, 0.2) is 0 Å². The topological polar surface area (TPSA) is 33.2 Å². The maximum atomic E-state index is 14.1. The third-order valence-electron chi connectivity index (χ3n) is 4.69. The number of alkyl halides is 2. The van der Waals surface area contributed by atoms with Gasteiger partial charge in [0, 0.05) is 30.6 Å². The fraction of sp³-hybridized carbons (Fsp3) is 0.238. The van der Waals surface area contributed by atoms with Gasteiger partial charge in [-0.1, -0.05) is 48.5 Å². The van der Waals surface area contributed by atoms with Crippen molar-refractivity contribution in [1.29, 1.82) is 0 Å². The molecule has 0 spiro atoms. The zero-order valence-electron chi connectivity index (χ0n) is 14.8. The summed E-state index contributed by atoms with van der Waals surface area (Å²) >= 11 is 1.31. The SMILES string of the molecule is Cc1nc(-c2ccccc2)sc1C(=O)N1CCC(F)(F)Cc2ccccc21. The average molecular weight is 384 g/mol. The van der Waals surface area contributed by atoms with Gasteiger partial charge in [0.05, 0.1) is 5.69 Å². The average Bonchev–Trinajstić information content (AvgIpc) is 2.98. The van der Waals surface area contributed by atoms with Crippen LogP contribution < -0.4 is 4.90 Å². The Labute approximate surface area is 160 Å². The van der Waals surface area contributed by atoms with E-state index in [0.717, 1.165) is 10.6 Å². The van der Waals surface area contributed by atoms with Crippen molar-refractivity contribution in [3.63, 3.8) is 0 Å². The van der Waals surface area contributed by atoms with E-state index < -0.39 is 5.92 Å². The van der Waals surface area contributed by atoms with Crippen LogP contribution in [0.15, 0.2) is 54.6 Å². The predicted molar refractivity (Wildman–Crippen MR) is 104 cm³/mol. The lowest BCUT2D eigenvalue weighted by Gasteiger charge is -2.22. The second-order valence-electron chi connectivity index (χ2n) is 6.67. The van der Waals surface area contributed by atoms with Crippen LogP contribution >= 0.6 is 11.3 Å². The van der Waals surface area contributed by atoms with Gasteiger partial charge in [0.1, 0.15) is 9.88 Å². The number of aryl methyl sites for hydroxylation is 1. The summed E-state index contributed by atoms with van der Waals surface area (Å²) in [5, 5.41) is 0.755. The first-order valence-corrected chi connectivity index (χ1v) is 9.57. The van der Waals surface area contributed by atoms with Gasteiger partial charge in [-0.25, -0.2) is 13.8 Å². The molecule has 1 aliphatic heterocycles. The van der Waals surface area contributed by atoms with Crippen LogP contribution in [-0.2, 0) is 6.42 Å². The molecule has 0 bridgehead atoms. The summed E-state index contributed by atoms with van der Waals surface area (Å²) in [5.74, 6) is -3.08. The summed E-state index contributed by atoms with van der Waals surface area (Å²) in [5.41, 5.74) is 2.62. The zero-order chi connectivity index (χ0) is 19.0. The number of anilines is 1. The molecule has 0 unspecified atom stereocenters. The molecule has 1 amide bonds. The lowest BCUT2D eigenvalue weighted by molar-refractivity contribution is -0.00277. The van der Waals surface area contributed by atoms with Gasteiger partial charge in [-0.15, -0.1) is 11.3 Å². The van der Waals surface area contributed by atoms with Crippen LogP contribution in [0.3, 0.4) is 0 Å². The van der Waals surface area contributed by atoms with Crippen LogP contribution in [0.25, 0.3) is 10.6 Å². The molecule has 1 aliphatic rings. The van der Waals surface area contributed by atoms with Crippen LogP contribution in [-0.4, -0.2) is 23.4 Å². The molecule has 2 heterocycles. The van der Waals surface area contributed by atoms with E-state index in [0.29, 0.717) is 21.8 Å². The molecule has 0 saturated heterocycles. The summed E-state index contributed by atoms with van der Waals surface area (Å²) in [4.78, 5) is 19.7. The molecule has 1 aromatic heterocycles. The number of benzene rings is 2. The summed E-state index contributed by atoms with van der Waals surface area (Å²) in [6.45, 7) is 1.77. The maximum absolute atomic E-state index is 14.1. The summed E-state index contributed by atoms with van der Waals surface area (Å²) in [7, 11) is 0. The molecule has 0 radical (unpaired) electrons. The van der Waals surface area contributed by atoms with Crippen LogP contribution in [0.5, 0.6) is 0 Å². The number of thiazole rings is 1. The minimum absolute atomic E-state index is 0.0130. The fourth-order valence-electron chi connectivity index (χ4n) is 3.32. The number of carbonyl (C=O) groups is 1. The van der Waals surface area contributed by atoms with Gasteiger partial charge in [-0.2, -0.15) is 0 Å². The number of nitrogens with zero attached hydrogens (tertiary/aromatic N) is 2. The molecule has 4 rings (SSSR count). The monoisotopic (exact) mass is 384 g/mol. The molecule has 3 aromatic rings. The highest BCUT2D eigenvalue weighted by atomic mass is 32.1. The van der Waals surface area contributed by atoms with Crippen molar-refractivity contribution in [3.8, 4) is 10.6 Å². The Morgan fingerprint density at radius 2 is 1.81 bits per heavy atom. The van der Waals surface area contributed by atoms with Gasteiger partial charge < -0.3 is 4.90 Å². The number of hydrogen-bond acceptors (Lipinski definition) is 3. The highest BCUT2D eigenvalue weighted by molar-refractivity contribution is 7.17. The molecule has 27 heavy (non-hydrogen) atoms. The van der Waals surface area contributed by atoms with Gasteiger partial charge in [-0.3, -0.25) is 4.79 Å². The quantitative estimate of drug-likeness (QED) is 0.597. The Morgan fingerprint density at radius 3 is 2.59 bits per heavy atom. The maximum Gasteiger partial charge on any atom is 0.270 e. The van der Waals surface area contributed by atoms with E-state index in [2.05, 4.69) is 4.98 Å². The number of para-hydroxylation sites is 1. The largest absolute Gasteiger partial charge is 0.307 e. The molecule has 0 atom stereocenters. The smallest absolute Gasteiger partial charge is 0.270 e. The molecular formula is C21H18F2N2OS. The van der Waals surface area contributed by atoms with Gasteiger partial charge >= 0.3 is 0 Å². The van der Waals surface area contributed by atoms with Crippen molar-refractivity contribution in [2.45, 2.75) is 25.7 Å². The lowest BCUT2D eigenvalue weighted by Crippen LogP contribution is -2.33. The first-order valence-electron chi connectivity index (χ1n) is 8.75. The molecule has 0 fully saturated rings. The number of aromatic nitrogens is 1. The molecule has 2 aromatic carbocycles. The van der Waals surface area contributed by atoms with E-state index in [1.165, 1.54) is 16.2 Å². The first kappa shape index (κ1) is 17.8. The number of rotatable bonds is 2. The number of carbonyl (C=O) groups excluding carboxylic acids is 1. The third kappa shape index (κ3) is 3.49. The van der Waals surface area contributed by atoms with E-state index in [4.69, 9.17) is 0 Å². The zero-order valence-corrected chi connectivity index (χ0v) is 15.6. The Hall–Kier alpha value is -2.60. The minimum Gasteiger partial charge on any atom is -0.307 e. The van der Waals surface area contributed by atoms with Crippen molar-refractivity contribution in [3.05, 3.63) is 70.7 Å². The molecule has 6 heteroatoms. The highest BCUT2D eigenvalue weighted by Crippen LogP contribution is 2.36. The number of amides is 1.